The summed E-state index contributed by atoms with van der Waals surface area (Å²) in [5.41, 5.74) is 8.94. The number of nitrogens with two attached hydrogens (primary N) is 1. The molecule has 0 radical (unpaired) electrons. The molecule has 40 heavy (non-hydrogen) atoms. The van der Waals surface area contributed by atoms with Gasteiger partial charge in [-0.3, -0.25) is 14.5 Å². The molecular weight excluding hydrogens is 512 g/mol. The van der Waals surface area contributed by atoms with Crippen molar-refractivity contribution in [3.8, 4) is 0 Å². The molecule has 210 valence electrons. The quantitative estimate of drug-likeness (QED) is 0.404. The number of amides is 2. The normalized spacial score (nSPS) is 19.7. The van der Waals surface area contributed by atoms with Crippen molar-refractivity contribution in [1.82, 2.24) is 10.2 Å². The number of nitrogens with zero attached hydrogens (tertiary/aromatic N) is 2. The van der Waals surface area contributed by atoms with Crippen LogP contribution in [0.3, 0.4) is 0 Å². The molecule has 3 aromatic rings. The zero-order chi connectivity index (χ0) is 28.1. The van der Waals surface area contributed by atoms with Crippen LogP contribution in [0.1, 0.15) is 52.0 Å². The van der Waals surface area contributed by atoms with Crippen LogP contribution in [0.5, 0.6) is 0 Å². The molecule has 1 heterocycles. The average Bonchev–Trinajstić information content (AvgIpc) is 2.96. The number of benzene rings is 3. The second-order valence-electron chi connectivity index (χ2n) is 10.6. The number of rotatable bonds is 7. The van der Waals surface area contributed by atoms with Crippen molar-refractivity contribution in [3.63, 3.8) is 0 Å². The molecule has 4 N–H and O–H groups in total. The van der Waals surface area contributed by atoms with Crippen molar-refractivity contribution in [3.05, 3.63) is 95.1 Å². The summed E-state index contributed by atoms with van der Waals surface area (Å²) in [6, 6.07) is 17.3. The van der Waals surface area contributed by atoms with E-state index < -0.39 is 11.7 Å². The van der Waals surface area contributed by atoms with Crippen LogP contribution in [0, 0.1) is 11.6 Å². The Labute approximate surface area is 233 Å². The lowest BCUT2D eigenvalue weighted by Gasteiger charge is -2.36. The molecule has 2 atom stereocenters. The van der Waals surface area contributed by atoms with E-state index >= 15 is 0 Å². The summed E-state index contributed by atoms with van der Waals surface area (Å²) < 4.78 is 27.7. The van der Waals surface area contributed by atoms with Crippen molar-refractivity contribution >= 4 is 23.2 Å². The van der Waals surface area contributed by atoms with Crippen LogP contribution < -0.4 is 21.3 Å². The van der Waals surface area contributed by atoms with Crippen molar-refractivity contribution < 1.29 is 18.4 Å². The standard InChI is InChI=1S/C31H35F2N5O2/c32-24-13-11-21(12-14-24)30(39)36-28-19-22(31(40)35-27-7-3-2-6-26(27)34)9-10-23(28)20-37-15-17-38(18-16-37)29-8-4-1-5-25(29)33/h1,4-5,8-14,19,26-27H,2-3,6-7,15-18,20,34H2,(H,35,40)(H,36,39). The summed E-state index contributed by atoms with van der Waals surface area (Å²) >= 11 is 0. The van der Waals surface area contributed by atoms with Crippen molar-refractivity contribution in [1.29, 1.82) is 0 Å². The predicted molar refractivity (Wildman–Crippen MR) is 152 cm³/mol. The molecule has 1 saturated carbocycles. The maximum Gasteiger partial charge on any atom is 0.255 e. The Morgan fingerprint density at radius 3 is 2.27 bits per heavy atom. The van der Waals surface area contributed by atoms with Crippen LogP contribution in [-0.2, 0) is 6.54 Å². The molecule has 2 fully saturated rings. The molecule has 0 aromatic heterocycles. The second-order valence-corrected chi connectivity index (χ2v) is 10.6. The zero-order valence-corrected chi connectivity index (χ0v) is 22.4. The van der Waals surface area contributed by atoms with E-state index in [2.05, 4.69) is 15.5 Å². The molecule has 1 aliphatic carbocycles. The van der Waals surface area contributed by atoms with Crippen LogP contribution in [-0.4, -0.2) is 55.0 Å². The van der Waals surface area contributed by atoms with Gasteiger partial charge in [0, 0.05) is 61.6 Å². The first-order valence-electron chi connectivity index (χ1n) is 13.9. The van der Waals surface area contributed by atoms with Gasteiger partial charge in [0.05, 0.1) is 5.69 Å². The number of hydrogen-bond donors (Lipinski definition) is 3. The topological polar surface area (TPSA) is 90.7 Å². The van der Waals surface area contributed by atoms with Crippen LogP contribution in [0.2, 0.25) is 0 Å². The summed E-state index contributed by atoms with van der Waals surface area (Å²) in [4.78, 5) is 30.4. The summed E-state index contributed by atoms with van der Waals surface area (Å²) in [5, 5.41) is 6.00. The zero-order valence-electron chi connectivity index (χ0n) is 22.4. The maximum absolute atomic E-state index is 14.3. The Kier molecular flexibility index (Phi) is 8.72. The molecule has 1 aliphatic heterocycles. The van der Waals surface area contributed by atoms with Crippen molar-refractivity contribution in [2.45, 2.75) is 44.3 Å². The summed E-state index contributed by atoms with van der Waals surface area (Å²) in [6.07, 6.45) is 3.82. The highest BCUT2D eigenvalue weighted by molar-refractivity contribution is 6.05. The molecule has 9 heteroatoms. The monoisotopic (exact) mass is 547 g/mol. The number of hydrogen-bond acceptors (Lipinski definition) is 5. The van der Waals surface area contributed by atoms with Gasteiger partial charge in [-0.15, -0.1) is 0 Å². The molecule has 0 spiro atoms. The lowest BCUT2D eigenvalue weighted by Crippen LogP contribution is -2.49. The minimum Gasteiger partial charge on any atom is -0.367 e. The molecule has 3 aromatic carbocycles. The van der Waals surface area contributed by atoms with Crippen LogP contribution in [0.4, 0.5) is 20.2 Å². The Balaban J connectivity index is 1.32. The fourth-order valence-corrected chi connectivity index (χ4v) is 5.45. The predicted octanol–water partition coefficient (Wildman–Crippen LogP) is 4.54. The van der Waals surface area contributed by atoms with E-state index in [1.165, 1.54) is 30.3 Å². The highest BCUT2D eigenvalue weighted by Crippen LogP contribution is 2.25. The number of nitrogens with one attached hydrogen (secondary N) is 2. The molecular formula is C31H35F2N5O2. The van der Waals surface area contributed by atoms with Gasteiger partial charge >= 0.3 is 0 Å². The van der Waals surface area contributed by atoms with E-state index in [1.807, 2.05) is 17.0 Å². The number of carbonyl (C=O) groups excluding carboxylic acids is 2. The third kappa shape index (κ3) is 6.66. The molecule has 1 saturated heterocycles. The molecule has 2 amide bonds. The Morgan fingerprint density at radius 2 is 1.55 bits per heavy atom. The fourth-order valence-electron chi connectivity index (χ4n) is 5.45. The van der Waals surface area contributed by atoms with E-state index in [0.717, 1.165) is 31.2 Å². The van der Waals surface area contributed by atoms with E-state index in [-0.39, 0.29) is 23.8 Å². The lowest BCUT2D eigenvalue weighted by atomic mass is 9.91. The van der Waals surface area contributed by atoms with Gasteiger partial charge in [0.25, 0.3) is 11.8 Å². The third-order valence-corrected chi connectivity index (χ3v) is 7.82. The number of anilines is 2. The third-order valence-electron chi connectivity index (χ3n) is 7.82. The molecule has 2 unspecified atom stereocenters. The minimum atomic E-state index is -0.425. The van der Waals surface area contributed by atoms with Gasteiger partial charge in [-0.25, -0.2) is 8.78 Å². The van der Waals surface area contributed by atoms with E-state index in [4.69, 9.17) is 5.73 Å². The van der Waals surface area contributed by atoms with Gasteiger partial charge < -0.3 is 21.3 Å². The van der Waals surface area contributed by atoms with Crippen molar-refractivity contribution in [2.24, 2.45) is 5.73 Å². The van der Waals surface area contributed by atoms with Gasteiger partial charge in [-0.05, 0) is 66.9 Å². The SMILES string of the molecule is NC1CCCCC1NC(=O)c1ccc(CN2CCN(c3ccccc3F)CC2)c(NC(=O)c2ccc(F)cc2)c1. The van der Waals surface area contributed by atoms with Crippen LogP contribution >= 0.6 is 0 Å². The highest BCUT2D eigenvalue weighted by atomic mass is 19.1. The lowest BCUT2D eigenvalue weighted by molar-refractivity contribution is 0.0920. The van der Waals surface area contributed by atoms with E-state index in [9.17, 15) is 18.4 Å². The van der Waals surface area contributed by atoms with Crippen LogP contribution in [0.15, 0.2) is 66.7 Å². The number of carbonyl (C=O) groups is 2. The Bertz CT molecular complexity index is 1340. The van der Waals surface area contributed by atoms with Crippen LogP contribution in [0.25, 0.3) is 0 Å². The number of piperazine rings is 1. The summed E-state index contributed by atoms with van der Waals surface area (Å²) in [7, 11) is 0. The fraction of sp³-hybridized carbons (Fsp3) is 0.355. The average molecular weight is 548 g/mol. The first-order chi connectivity index (χ1) is 19.4. The van der Waals surface area contributed by atoms with Gasteiger partial charge in [-0.2, -0.15) is 0 Å². The Hall–Kier alpha value is -3.82. The molecule has 0 bridgehead atoms. The molecule has 5 rings (SSSR count). The molecule has 7 nitrogen and oxygen atoms in total. The van der Waals surface area contributed by atoms with Gasteiger partial charge in [0.1, 0.15) is 11.6 Å². The largest absolute Gasteiger partial charge is 0.367 e. The van der Waals surface area contributed by atoms with Gasteiger partial charge in [-0.1, -0.05) is 31.0 Å². The first kappa shape index (κ1) is 27.7. The van der Waals surface area contributed by atoms with E-state index in [0.29, 0.717) is 55.2 Å². The number of para-hydroxylation sites is 1. The Morgan fingerprint density at radius 1 is 0.850 bits per heavy atom. The second kappa shape index (κ2) is 12.6. The van der Waals surface area contributed by atoms with Gasteiger partial charge in [0.2, 0.25) is 0 Å². The van der Waals surface area contributed by atoms with E-state index in [1.54, 1.807) is 24.3 Å². The highest BCUT2D eigenvalue weighted by Gasteiger charge is 2.25. The van der Waals surface area contributed by atoms with Gasteiger partial charge in [0.15, 0.2) is 0 Å². The first-order valence-corrected chi connectivity index (χ1v) is 13.9. The maximum atomic E-state index is 14.3. The van der Waals surface area contributed by atoms with Crippen molar-refractivity contribution in [2.75, 3.05) is 36.4 Å². The summed E-state index contributed by atoms with van der Waals surface area (Å²) in [5.74, 6) is -1.28. The summed E-state index contributed by atoms with van der Waals surface area (Å²) in [6.45, 7) is 3.29. The molecule has 2 aliphatic rings. The minimum absolute atomic E-state index is 0.0716. The smallest absolute Gasteiger partial charge is 0.255 e. The number of halogens is 2.